The Balaban J connectivity index is 1.92. The molecular formula is C14H21BO5. The number of methoxy groups -OCH3 is 1. The summed E-state index contributed by atoms with van der Waals surface area (Å²) >= 11 is 0. The third kappa shape index (κ3) is 4.21. The highest BCUT2D eigenvalue weighted by atomic mass is 16.5. The van der Waals surface area contributed by atoms with Crippen LogP contribution in [0.25, 0.3) is 0 Å². The van der Waals surface area contributed by atoms with Crippen molar-refractivity contribution in [2.45, 2.75) is 19.4 Å². The van der Waals surface area contributed by atoms with Gasteiger partial charge < -0.3 is 24.3 Å². The van der Waals surface area contributed by atoms with Gasteiger partial charge in [-0.2, -0.15) is 0 Å². The minimum Gasteiger partial charge on any atom is -0.497 e. The van der Waals surface area contributed by atoms with Gasteiger partial charge in [0.05, 0.1) is 20.3 Å². The van der Waals surface area contributed by atoms with Crippen molar-refractivity contribution in [1.82, 2.24) is 0 Å². The minimum atomic E-state index is -1.50. The normalized spacial score (nSPS) is 16.1. The molecule has 6 heteroatoms. The second-order valence-electron chi connectivity index (χ2n) is 5.01. The molecule has 0 atom stereocenters. The van der Waals surface area contributed by atoms with E-state index in [9.17, 15) is 10.0 Å². The van der Waals surface area contributed by atoms with Crippen LogP contribution in [-0.4, -0.2) is 44.1 Å². The summed E-state index contributed by atoms with van der Waals surface area (Å²) < 4.78 is 16.2. The molecule has 1 aliphatic rings. The van der Waals surface area contributed by atoms with Gasteiger partial charge in [-0.25, -0.2) is 0 Å². The van der Waals surface area contributed by atoms with E-state index in [1.807, 2.05) is 0 Å². The lowest BCUT2D eigenvalue weighted by atomic mass is 9.77. The number of ether oxygens (including phenoxy) is 3. The fourth-order valence-electron chi connectivity index (χ4n) is 2.33. The van der Waals surface area contributed by atoms with E-state index in [4.69, 9.17) is 14.2 Å². The summed E-state index contributed by atoms with van der Waals surface area (Å²) in [5.41, 5.74) is 1.20. The van der Waals surface area contributed by atoms with E-state index in [0.717, 1.165) is 31.6 Å². The van der Waals surface area contributed by atoms with Gasteiger partial charge in [-0.3, -0.25) is 0 Å². The monoisotopic (exact) mass is 280 g/mol. The average Bonchev–Trinajstić information content (AvgIpc) is 2.48. The number of hydrogen-bond acceptors (Lipinski definition) is 5. The SMILES string of the molecule is COc1ccc(B(O)O)c(COCC2CCOCC2)c1. The summed E-state index contributed by atoms with van der Waals surface area (Å²) in [6.07, 6.45) is 2.04. The van der Waals surface area contributed by atoms with Crippen LogP contribution in [0.2, 0.25) is 0 Å². The highest BCUT2D eigenvalue weighted by molar-refractivity contribution is 6.59. The minimum absolute atomic E-state index is 0.349. The van der Waals surface area contributed by atoms with Gasteiger partial charge >= 0.3 is 7.12 Å². The van der Waals surface area contributed by atoms with Crippen molar-refractivity contribution in [3.63, 3.8) is 0 Å². The molecule has 1 fully saturated rings. The molecular weight excluding hydrogens is 259 g/mol. The van der Waals surface area contributed by atoms with E-state index in [0.29, 0.717) is 30.3 Å². The van der Waals surface area contributed by atoms with Crippen molar-refractivity contribution in [1.29, 1.82) is 0 Å². The fraction of sp³-hybridized carbons (Fsp3) is 0.571. The molecule has 20 heavy (non-hydrogen) atoms. The van der Waals surface area contributed by atoms with E-state index in [1.165, 1.54) is 0 Å². The first-order valence-corrected chi connectivity index (χ1v) is 6.89. The molecule has 0 aliphatic carbocycles. The van der Waals surface area contributed by atoms with Crippen molar-refractivity contribution >= 4 is 12.6 Å². The van der Waals surface area contributed by atoms with Gasteiger partial charge in [0.1, 0.15) is 5.75 Å². The van der Waals surface area contributed by atoms with Gasteiger partial charge in [-0.15, -0.1) is 0 Å². The molecule has 1 aromatic rings. The fourth-order valence-corrected chi connectivity index (χ4v) is 2.33. The molecule has 2 N–H and O–H groups in total. The third-order valence-corrected chi connectivity index (χ3v) is 3.58. The molecule has 0 spiro atoms. The van der Waals surface area contributed by atoms with Crippen molar-refractivity contribution < 1.29 is 24.3 Å². The second kappa shape index (κ2) is 7.64. The van der Waals surface area contributed by atoms with E-state index < -0.39 is 7.12 Å². The maximum atomic E-state index is 9.36. The lowest BCUT2D eigenvalue weighted by Gasteiger charge is -2.22. The first-order valence-electron chi connectivity index (χ1n) is 6.89. The van der Waals surface area contributed by atoms with Crippen LogP contribution in [0, 0.1) is 5.92 Å². The smallest absolute Gasteiger partial charge is 0.488 e. The molecule has 110 valence electrons. The topological polar surface area (TPSA) is 68.2 Å². The van der Waals surface area contributed by atoms with Gasteiger partial charge in [0.25, 0.3) is 0 Å². The first-order chi connectivity index (χ1) is 9.70. The van der Waals surface area contributed by atoms with E-state index >= 15 is 0 Å². The maximum absolute atomic E-state index is 9.36. The van der Waals surface area contributed by atoms with E-state index in [2.05, 4.69) is 0 Å². The average molecular weight is 280 g/mol. The van der Waals surface area contributed by atoms with Crippen molar-refractivity contribution in [3.8, 4) is 5.75 Å². The van der Waals surface area contributed by atoms with Gasteiger partial charge in [0.2, 0.25) is 0 Å². The summed E-state index contributed by atoms with van der Waals surface area (Å²) in [6, 6.07) is 5.13. The predicted octanol–water partition coefficient (Wildman–Crippen LogP) is 0.318. The quantitative estimate of drug-likeness (QED) is 0.734. The van der Waals surface area contributed by atoms with Crippen LogP contribution >= 0.6 is 0 Å². The molecule has 1 aromatic carbocycles. The highest BCUT2D eigenvalue weighted by Crippen LogP contribution is 2.17. The van der Waals surface area contributed by atoms with E-state index in [1.54, 1.807) is 25.3 Å². The molecule has 0 radical (unpaired) electrons. The third-order valence-electron chi connectivity index (χ3n) is 3.58. The van der Waals surface area contributed by atoms with Crippen LogP contribution in [0.4, 0.5) is 0 Å². The lowest BCUT2D eigenvalue weighted by molar-refractivity contribution is 0.0158. The summed E-state index contributed by atoms with van der Waals surface area (Å²) in [7, 11) is 0.0828. The zero-order valence-electron chi connectivity index (χ0n) is 11.7. The Kier molecular flexibility index (Phi) is 5.85. The standard InChI is InChI=1S/C14H21BO5/c1-18-13-2-3-14(15(16)17)12(8-13)10-20-9-11-4-6-19-7-5-11/h2-3,8,11,16-17H,4-7,9-10H2,1H3. The summed E-state index contributed by atoms with van der Waals surface area (Å²) in [4.78, 5) is 0. The molecule has 0 aromatic heterocycles. The molecule has 0 bridgehead atoms. The van der Waals surface area contributed by atoms with Gasteiger partial charge in [0.15, 0.2) is 0 Å². The summed E-state index contributed by atoms with van der Waals surface area (Å²) in [5.74, 6) is 1.20. The Morgan fingerprint density at radius 1 is 1.30 bits per heavy atom. The Bertz CT molecular complexity index is 418. The van der Waals surface area contributed by atoms with Crippen molar-refractivity contribution in [2.24, 2.45) is 5.92 Å². The van der Waals surface area contributed by atoms with Crippen LogP contribution in [-0.2, 0) is 16.1 Å². The maximum Gasteiger partial charge on any atom is 0.488 e. The highest BCUT2D eigenvalue weighted by Gasteiger charge is 2.18. The predicted molar refractivity (Wildman–Crippen MR) is 76.0 cm³/mol. The Morgan fingerprint density at radius 2 is 2.05 bits per heavy atom. The van der Waals surface area contributed by atoms with Crippen LogP contribution < -0.4 is 10.2 Å². The Labute approximate surface area is 119 Å². The molecule has 0 saturated carbocycles. The van der Waals surface area contributed by atoms with Gasteiger partial charge in [-0.05, 0) is 41.9 Å². The Morgan fingerprint density at radius 3 is 2.70 bits per heavy atom. The molecule has 1 heterocycles. The summed E-state index contributed by atoms with van der Waals surface area (Å²) in [5, 5.41) is 18.7. The largest absolute Gasteiger partial charge is 0.497 e. The molecule has 2 rings (SSSR count). The van der Waals surface area contributed by atoms with Crippen molar-refractivity contribution in [2.75, 3.05) is 26.9 Å². The zero-order chi connectivity index (χ0) is 14.4. The van der Waals surface area contributed by atoms with Gasteiger partial charge in [-0.1, -0.05) is 6.07 Å². The second-order valence-corrected chi connectivity index (χ2v) is 5.01. The molecule has 0 unspecified atom stereocenters. The molecule has 0 amide bonds. The number of benzene rings is 1. The first kappa shape index (κ1) is 15.3. The van der Waals surface area contributed by atoms with E-state index in [-0.39, 0.29) is 0 Å². The number of hydrogen-bond donors (Lipinski definition) is 2. The van der Waals surface area contributed by atoms with Crippen LogP contribution in [0.15, 0.2) is 18.2 Å². The Hall–Kier alpha value is -1.08. The summed E-state index contributed by atoms with van der Waals surface area (Å²) in [6.45, 7) is 2.62. The number of rotatable bonds is 6. The van der Waals surface area contributed by atoms with Crippen LogP contribution in [0.1, 0.15) is 18.4 Å². The lowest BCUT2D eigenvalue weighted by Crippen LogP contribution is -2.33. The molecule has 1 aliphatic heterocycles. The van der Waals surface area contributed by atoms with Crippen LogP contribution in [0.5, 0.6) is 5.75 Å². The molecule has 5 nitrogen and oxygen atoms in total. The van der Waals surface area contributed by atoms with Crippen LogP contribution in [0.3, 0.4) is 0 Å². The zero-order valence-corrected chi connectivity index (χ0v) is 11.7. The van der Waals surface area contributed by atoms with Gasteiger partial charge in [0, 0.05) is 13.2 Å². The molecule has 1 saturated heterocycles. The van der Waals surface area contributed by atoms with Crippen molar-refractivity contribution in [3.05, 3.63) is 23.8 Å².